The van der Waals surface area contributed by atoms with Crippen molar-refractivity contribution < 1.29 is 4.79 Å². The van der Waals surface area contributed by atoms with Crippen LogP contribution in [0.15, 0.2) is 18.2 Å². The van der Waals surface area contributed by atoms with E-state index in [0.29, 0.717) is 13.1 Å². The number of carbonyl (C=O) groups excluding carboxylic acids is 1. The SMILES string of the molecule is Nc1cccc2c1CCN(C(=O)N1CC[C@@H](N)C1)C2. The quantitative estimate of drug-likeness (QED) is 0.677. The second-order valence-electron chi connectivity index (χ2n) is 5.43. The highest BCUT2D eigenvalue weighted by molar-refractivity contribution is 5.75. The minimum absolute atomic E-state index is 0.112. The Morgan fingerprint density at radius 3 is 2.84 bits per heavy atom. The highest BCUT2D eigenvalue weighted by Gasteiger charge is 2.29. The van der Waals surface area contributed by atoms with Crippen molar-refractivity contribution in [2.24, 2.45) is 5.73 Å². The number of carbonyl (C=O) groups is 1. The fourth-order valence-electron chi connectivity index (χ4n) is 2.96. The number of hydrogen-bond acceptors (Lipinski definition) is 3. The highest BCUT2D eigenvalue weighted by Crippen LogP contribution is 2.25. The fraction of sp³-hybridized carbons (Fsp3) is 0.500. The van der Waals surface area contributed by atoms with Crippen molar-refractivity contribution >= 4 is 11.7 Å². The van der Waals surface area contributed by atoms with Gasteiger partial charge in [-0.05, 0) is 30.0 Å². The van der Waals surface area contributed by atoms with Crippen LogP contribution in [-0.2, 0) is 13.0 Å². The van der Waals surface area contributed by atoms with E-state index in [1.54, 1.807) is 0 Å². The number of hydrogen-bond donors (Lipinski definition) is 2. The molecule has 2 amide bonds. The molecule has 0 bridgehead atoms. The summed E-state index contributed by atoms with van der Waals surface area (Å²) in [5.41, 5.74) is 15.0. The molecule has 0 saturated carbocycles. The maximum absolute atomic E-state index is 12.4. The van der Waals surface area contributed by atoms with Gasteiger partial charge in [-0.25, -0.2) is 4.79 Å². The molecule has 0 aliphatic carbocycles. The Morgan fingerprint density at radius 1 is 1.26 bits per heavy atom. The summed E-state index contributed by atoms with van der Waals surface area (Å²) in [4.78, 5) is 16.2. The molecule has 0 aromatic heterocycles. The Hall–Kier alpha value is -1.75. The Morgan fingerprint density at radius 2 is 2.11 bits per heavy atom. The molecule has 5 heteroatoms. The summed E-state index contributed by atoms with van der Waals surface area (Å²) in [6, 6.07) is 6.18. The summed E-state index contributed by atoms with van der Waals surface area (Å²) in [7, 11) is 0. The first kappa shape index (κ1) is 12.3. The number of amides is 2. The van der Waals surface area contributed by atoms with Gasteiger partial charge in [-0.3, -0.25) is 0 Å². The summed E-state index contributed by atoms with van der Waals surface area (Å²) in [6.07, 6.45) is 1.75. The minimum atomic E-state index is 0.112. The molecule has 0 spiro atoms. The lowest BCUT2D eigenvalue weighted by atomic mass is 9.98. The van der Waals surface area contributed by atoms with Crippen LogP contribution in [0.2, 0.25) is 0 Å². The lowest BCUT2D eigenvalue weighted by Crippen LogP contribution is -2.45. The van der Waals surface area contributed by atoms with Crippen LogP contribution >= 0.6 is 0 Å². The van der Waals surface area contributed by atoms with E-state index in [9.17, 15) is 4.79 Å². The third-order valence-corrected chi connectivity index (χ3v) is 4.07. The molecule has 2 heterocycles. The number of benzene rings is 1. The van der Waals surface area contributed by atoms with Gasteiger partial charge in [0.2, 0.25) is 0 Å². The van der Waals surface area contributed by atoms with E-state index in [1.165, 1.54) is 11.1 Å². The first-order valence-electron chi connectivity index (χ1n) is 6.81. The number of nitrogens with zero attached hydrogens (tertiary/aromatic N) is 2. The Balaban J connectivity index is 1.73. The minimum Gasteiger partial charge on any atom is -0.398 e. The number of urea groups is 1. The van der Waals surface area contributed by atoms with Crippen LogP contribution in [0.4, 0.5) is 10.5 Å². The first-order valence-corrected chi connectivity index (χ1v) is 6.81. The summed E-state index contributed by atoms with van der Waals surface area (Å²) in [5, 5.41) is 0. The van der Waals surface area contributed by atoms with E-state index in [1.807, 2.05) is 21.9 Å². The van der Waals surface area contributed by atoms with Crippen molar-refractivity contribution in [2.45, 2.75) is 25.4 Å². The average Bonchev–Trinajstić information content (AvgIpc) is 2.84. The van der Waals surface area contributed by atoms with E-state index >= 15 is 0 Å². The van der Waals surface area contributed by atoms with Crippen LogP contribution in [0.25, 0.3) is 0 Å². The van der Waals surface area contributed by atoms with Gasteiger partial charge in [0.15, 0.2) is 0 Å². The molecule has 1 atom stereocenters. The number of rotatable bonds is 0. The van der Waals surface area contributed by atoms with Gasteiger partial charge in [0.25, 0.3) is 0 Å². The highest BCUT2D eigenvalue weighted by atomic mass is 16.2. The fourth-order valence-corrected chi connectivity index (χ4v) is 2.96. The van der Waals surface area contributed by atoms with E-state index in [0.717, 1.165) is 31.6 Å². The zero-order chi connectivity index (χ0) is 13.4. The molecule has 102 valence electrons. The molecular weight excluding hydrogens is 240 g/mol. The van der Waals surface area contributed by atoms with Gasteiger partial charge in [0.05, 0.1) is 0 Å². The lowest BCUT2D eigenvalue weighted by molar-refractivity contribution is 0.157. The standard InChI is InChI=1S/C14H20N4O/c15-11-4-6-18(9-11)14(19)17-7-5-12-10(8-17)2-1-3-13(12)16/h1-3,11H,4-9,15-16H2/t11-/m1/s1. The van der Waals surface area contributed by atoms with Crippen LogP contribution in [0.1, 0.15) is 17.5 Å². The number of fused-ring (bicyclic) bond motifs is 1. The monoisotopic (exact) mass is 260 g/mol. The van der Waals surface area contributed by atoms with Gasteiger partial charge < -0.3 is 21.3 Å². The van der Waals surface area contributed by atoms with Crippen molar-refractivity contribution in [3.05, 3.63) is 29.3 Å². The molecule has 19 heavy (non-hydrogen) atoms. The largest absolute Gasteiger partial charge is 0.398 e. The molecule has 3 rings (SSSR count). The summed E-state index contributed by atoms with van der Waals surface area (Å²) >= 11 is 0. The van der Waals surface area contributed by atoms with Crippen molar-refractivity contribution in [2.75, 3.05) is 25.4 Å². The Labute approximate surface area is 113 Å². The van der Waals surface area contributed by atoms with Crippen LogP contribution in [0, 0.1) is 0 Å². The number of nitrogens with two attached hydrogens (primary N) is 2. The normalized spacial score (nSPS) is 22.5. The van der Waals surface area contributed by atoms with E-state index in [-0.39, 0.29) is 12.1 Å². The topological polar surface area (TPSA) is 75.6 Å². The summed E-state index contributed by atoms with van der Waals surface area (Å²) in [6.45, 7) is 2.86. The second-order valence-corrected chi connectivity index (χ2v) is 5.43. The summed E-state index contributed by atoms with van der Waals surface area (Å²) < 4.78 is 0. The van der Waals surface area contributed by atoms with Gasteiger partial charge in [0.1, 0.15) is 0 Å². The molecule has 4 N–H and O–H groups in total. The second kappa shape index (κ2) is 4.74. The van der Waals surface area contributed by atoms with Gasteiger partial charge >= 0.3 is 6.03 Å². The van der Waals surface area contributed by atoms with Crippen LogP contribution < -0.4 is 11.5 Å². The molecule has 1 fully saturated rings. The first-order chi connectivity index (χ1) is 9.15. The third-order valence-electron chi connectivity index (χ3n) is 4.07. The van der Waals surface area contributed by atoms with Crippen molar-refractivity contribution in [1.29, 1.82) is 0 Å². The van der Waals surface area contributed by atoms with Crippen molar-refractivity contribution in [3.63, 3.8) is 0 Å². The predicted octanol–water partition coefficient (Wildman–Crippen LogP) is 0.780. The lowest BCUT2D eigenvalue weighted by Gasteiger charge is -2.32. The van der Waals surface area contributed by atoms with Crippen molar-refractivity contribution in [1.82, 2.24) is 9.80 Å². The maximum Gasteiger partial charge on any atom is 0.320 e. The molecule has 5 nitrogen and oxygen atoms in total. The zero-order valence-electron chi connectivity index (χ0n) is 11.0. The van der Waals surface area contributed by atoms with Gasteiger partial charge in [-0.1, -0.05) is 12.1 Å². The molecule has 2 aliphatic heterocycles. The molecule has 1 aromatic rings. The number of nitrogen functional groups attached to an aromatic ring is 1. The Bertz CT molecular complexity index is 502. The smallest absolute Gasteiger partial charge is 0.320 e. The number of likely N-dealkylation sites (tertiary alicyclic amines) is 1. The van der Waals surface area contributed by atoms with Crippen LogP contribution in [0.3, 0.4) is 0 Å². The summed E-state index contributed by atoms with van der Waals surface area (Å²) in [5.74, 6) is 0. The van der Waals surface area contributed by atoms with Gasteiger partial charge in [0, 0.05) is 37.9 Å². The van der Waals surface area contributed by atoms with E-state index < -0.39 is 0 Å². The van der Waals surface area contributed by atoms with Gasteiger partial charge in [-0.15, -0.1) is 0 Å². The Kier molecular flexibility index (Phi) is 3.06. The van der Waals surface area contributed by atoms with Crippen LogP contribution in [0.5, 0.6) is 0 Å². The predicted molar refractivity (Wildman–Crippen MR) is 74.5 cm³/mol. The van der Waals surface area contributed by atoms with Gasteiger partial charge in [-0.2, -0.15) is 0 Å². The molecule has 2 aliphatic rings. The molecular formula is C14H20N4O. The van der Waals surface area contributed by atoms with E-state index in [2.05, 4.69) is 6.07 Å². The van der Waals surface area contributed by atoms with Crippen LogP contribution in [-0.4, -0.2) is 41.5 Å². The zero-order valence-corrected chi connectivity index (χ0v) is 11.0. The average molecular weight is 260 g/mol. The van der Waals surface area contributed by atoms with Crippen molar-refractivity contribution in [3.8, 4) is 0 Å². The molecule has 1 saturated heterocycles. The maximum atomic E-state index is 12.4. The molecule has 0 unspecified atom stereocenters. The van der Waals surface area contributed by atoms with E-state index in [4.69, 9.17) is 11.5 Å². The third kappa shape index (κ3) is 2.26. The molecule has 0 radical (unpaired) electrons. The molecule has 1 aromatic carbocycles. The number of anilines is 1.